The van der Waals surface area contributed by atoms with E-state index < -0.39 is 11.9 Å². The molecule has 3 aromatic rings. The second-order valence-electron chi connectivity index (χ2n) is 8.66. The number of carbonyl (C=O) groups excluding carboxylic acids is 1. The van der Waals surface area contributed by atoms with Crippen LogP contribution in [0.3, 0.4) is 0 Å². The van der Waals surface area contributed by atoms with Gasteiger partial charge in [0, 0.05) is 31.5 Å². The van der Waals surface area contributed by atoms with E-state index in [0.717, 1.165) is 24.5 Å². The summed E-state index contributed by atoms with van der Waals surface area (Å²) >= 11 is 0. The number of amides is 1. The summed E-state index contributed by atoms with van der Waals surface area (Å²) in [5.41, 5.74) is 1.85. The van der Waals surface area contributed by atoms with Gasteiger partial charge in [0.25, 0.3) is 0 Å². The van der Waals surface area contributed by atoms with Gasteiger partial charge < -0.3 is 15.5 Å². The first-order valence-corrected chi connectivity index (χ1v) is 10.9. The molecule has 1 aliphatic carbocycles. The molecular formula is C23H27F3N8O. The Morgan fingerprint density at radius 1 is 1.17 bits per heavy atom. The Labute approximate surface area is 200 Å². The summed E-state index contributed by atoms with van der Waals surface area (Å²) in [4.78, 5) is 27.0. The average molecular weight is 489 g/mol. The van der Waals surface area contributed by atoms with E-state index >= 15 is 0 Å². The molecule has 0 radical (unpaired) electrons. The summed E-state index contributed by atoms with van der Waals surface area (Å²) in [5, 5.41) is 10.4. The summed E-state index contributed by atoms with van der Waals surface area (Å²) in [5.74, 6) is 1.47. The highest BCUT2D eigenvalue weighted by atomic mass is 19.4. The number of halogens is 3. The molecule has 1 saturated carbocycles. The number of hydrogen-bond acceptors (Lipinski definition) is 7. The lowest BCUT2D eigenvalue weighted by atomic mass is 10.1. The molecule has 0 aromatic carbocycles. The van der Waals surface area contributed by atoms with Crippen molar-refractivity contribution in [2.45, 2.75) is 52.5 Å². The molecule has 186 valence electrons. The number of fused-ring (bicyclic) bond motifs is 1. The average Bonchev–Trinajstić information content (AvgIpc) is 3.51. The van der Waals surface area contributed by atoms with E-state index in [1.54, 1.807) is 17.1 Å². The molecule has 2 aliphatic rings. The second kappa shape index (κ2) is 9.16. The first-order chi connectivity index (χ1) is 16.2. The van der Waals surface area contributed by atoms with Crippen LogP contribution >= 0.6 is 0 Å². The number of aromatic nitrogens is 5. The smallest absolute Gasteiger partial charge is 0.350 e. The standard InChI is InChI=1S/C22H23F3N8O.CH4/c1-12-17-19(32(2)18(15-4-5-15)20(34)30-17)31-21(29-12)27-8-14-9-28-33(11-14)10-13-3-6-16(26-7-13)22(23,24)25;/h3,6-7,9,11,15,18H,4-5,8,10H2,1-2H3,(H,30,34)(H,27,29,31);1H4/t18-;/m1./s1. The maximum absolute atomic E-state index is 12.7. The Bertz CT molecular complexity index is 1220. The van der Waals surface area contributed by atoms with E-state index in [9.17, 15) is 18.0 Å². The van der Waals surface area contributed by atoms with Crippen molar-refractivity contribution in [2.24, 2.45) is 5.92 Å². The highest BCUT2D eigenvalue weighted by Gasteiger charge is 2.43. The number of carbonyl (C=O) groups is 1. The fourth-order valence-electron chi connectivity index (χ4n) is 4.12. The largest absolute Gasteiger partial charge is 0.433 e. The number of nitrogens with one attached hydrogen (secondary N) is 2. The van der Waals surface area contributed by atoms with E-state index in [1.807, 2.05) is 18.9 Å². The molecule has 35 heavy (non-hydrogen) atoms. The molecule has 0 bridgehead atoms. The van der Waals surface area contributed by atoms with Crippen molar-refractivity contribution in [3.63, 3.8) is 0 Å². The highest BCUT2D eigenvalue weighted by molar-refractivity contribution is 6.03. The fraction of sp³-hybridized carbons (Fsp3) is 0.435. The third-order valence-electron chi connectivity index (χ3n) is 6.00. The van der Waals surface area contributed by atoms with Gasteiger partial charge in [-0.2, -0.15) is 23.3 Å². The molecule has 1 aliphatic heterocycles. The highest BCUT2D eigenvalue weighted by Crippen LogP contribution is 2.41. The lowest BCUT2D eigenvalue weighted by molar-refractivity contribution is -0.141. The number of pyridine rings is 1. The first kappa shape index (κ1) is 24.4. The van der Waals surface area contributed by atoms with Gasteiger partial charge in [-0.05, 0) is 37.3 Å². The molecular weight excluding hydrogens is 461 g/mol. The number of alkyl halides is 3. The van der Waals surface area contributed by atoms with Gasteiger partial charge in [0.1, 0.15) is 17.4 Å². The van der Waals surface area contributed by atoms with E-state index in [-0.39, 0.29) is 19.4 Å². The minimum Gasteiger partial charge on any atom is -0.350 e. The molecule has 1 atom stereocenters. The molecule has 2 N–H and O–H groups in total. The zero-order valence-corrected chi connectivity index (χ0v) is 18.6. The third kappa shape index (κ3) is 5.05. The molecule has 9 nitrogen and oxygen atoms in total. The third-order valence-corrected chi connectivity index (χ3v) is 6.00. The SMILES string of the molecule is C.Cc1nc(NCc2cnn(Cc3ccc(C(F)(F)F)nc3)c2)nc2c1NC(=O)[C@@H](C1CC1)N2C. The van der Waals surface area contributed by atoms with Crippen LogP contribution in [0.4, 0.5) is 30.6 Å². The number of likely N-dealkylation sites (N-methyl/N-ethyl adjacent to an activating group) is 1. The van der Waals surface area contributed by atoms with E-state index in [1.165, 1.54) is 12.3 Å². The summed E-state index contributed by atoms with van der Waals surface area (Å²) in [6, 6.07) is 2.14. The molecule has 12 heteroatoms. The van der Waals surface area contributed by atoms with Crippen LogP contribution in [-0.2, 0) is 24.1 Å². The van der Waals surface area contributed by atoms with Crippen LogP contribution in [0.25, 0.3) is 0 Å². The van der Waals surface area contributed by atoms with Crippen LogP contribution in [0.15, 0.2) is 30.7 Å². The second-order valence-corrected chi connectivity index (χ2v) is 8.66. The molecule has 0 spiro atoms. The van der Waals surface area contributed by atoms with Crippen molar-refractivity contribution >= 4 is 23.4 Å². The molecule has 5 rings (SSSR count). The zero-order valence-electron chi connectivity index (χ0n) is 18.6. The number of hydrogen-bond donors (Lipinski definition) is 2. The lowest BCUT2D eigenvalue weighted by Gasteiger charge is -2.35. The van der Waals surface area contributed by atoms with Crippen LogP contribution in [-0.4, -0.2) is 43.7 Å². The van der Waals surface area contributed by atoms with Crippen LogP contribution in [0.5, 0.6) is 0 Å². The minimum atomic E-state index is -4.46. The van der Waals surface area contributed by atoms with Crippen molar-refractivity contribution in [2.75, 3.05) is 22.6 Å². The van der Waals surface area contributed by atoms with Crippen LogP contribution in [0, 0.1) is 12.8 Å². The number of aryl methyl sites for hydroxylation is 1. The fourth-order valence-corrected chi connectivity index (χ4v) is 4.12. The van der Waals surface area contributed by atoms with Crippen molar-refractivity contribution < 1.29 is 18.0 Å². The molecule has 1 amide bonds. The van der Waals surface area contributed by atoms with Crippen LogP contribution in [0.1, 0.15) is 42.8 Å². The first-order valence-electron chi connectivity index (χ1n) is 10.9. The van der Waals surface area contributed by atoms with Crippen molar-refractivity contribution in [1.82, 2.24) is 24.7 Å². The van der Waals surface area contributed by atoms with Crippen molar-refractivity contribution in [1.29, 1.82) is 0 Å². The predicted octanol–water partition coefficient (Wildman–Crippen LogP) is 3.86. The molecule has 0 saturated heterocycles. The molecule has 3 aromatic heterocycles. The van der Waals surface area contributed by atoms with Gasteiger partial charge in [-0.25, -0.2) is 4.98 Å². The number of nitrogens with zero attached hydrogens (tertiary/aromatic N) is 6. The van der Waals surface area contributed by atoms with Crippen molar-refractivity contribution in [3.8, 4) is 0 Å². The summed E-state index contributed by atoms with van der Waals surface area (Å²) in [7, 11) is 1.89. The molecule has 4 heterocycles. The van der Waals surface area contributed by atoms with Gasteiger partial charge in [0.2, 0.25) is 11.9 Å². The Balaban J connectivity index is 0.00000289. The Hall–Kier alpha value is -3.70. The van der Waals surface area contributed by atoms with Crippen molar-refractivity contribution in [3.05, 3.63) is 53.2 Å². The summed E-state index contributed by atoms with van der Waals surface area (Å²) in [6.45, 7) is 2.53. The monoisotopic (exact) mass is 488 g/mol. The van der Waals surface area contributed by atoms with Gasteiger partial charge in [-0.15, -0.1) is 0 Å². The number of rotatable bonds is 6. The predicted molar refractivity (Wildman–Crippen MR) is 125 cm³/mol. The lowest BCUT2D eigenvalue weighted by Crippen LogP contribution is -2.48. The Morgan fingerprint density at radius 3 is 2.60 bits per heavy atom. The van der Waals surface area contributed by atoms with Gasteiger partial charge in [0.15, 0.2) is 5.82 Å². The summed E-state index contributed by atoms with van der Waals surface area (Å²) < 4.78 is 39.6. The molecule has 0 unspecified atom stereocenters. The Kier molecular flexibility index (Phi) is 6.39. The van der Waals surface area contributed by atoms with Gasteiger partial charge in [-0.1, -0.05) is 13.5 Å². The van der Waals surface area contributed by atoms with Gasteiger partial charge in [0.05, 0.1) is 18.4 Å². The Morgan fingerprint density at radius 2 is 1.94 bits per heavy atom. The maximum atomic E-state index is 12.7. The maximum Gasteiger partial charge on any atom is 0.433 e. The normalized spacial score (nSPS) is 17.5. The summed E-state index contributed by atoms with van der Waals surface area (Å²) in [6.07, 6.45) is 2.30. The quantitative estimate of drug-likeness (QED) is 0.543. The van der Waals surface area contributed by atoms with Gasteiger partial charge >= 0.3 is 6.18 Å². The minimum absolute atomic E-state index is 0. The molecule has 1 fully saturated rings. The van der Waals surface area contributed by atoms with Gasteiger partial charge in [-0.3, -0.25) is 14.5 Å². The topological polar surface area (TPSA) is 101 Å². The van der Waals surface area contributed by atoms with E-state index in [4.69, 9.17) is 0 Å². The zero-order chi connectivity index (χ0) is 24.0. The van der Waals surface area contributed by atoms with E-state index in [2.05, 4.69) is 30.7 Å². The number of anilines is 3. The van der Waals surface area contributed by atoms with E-state index in [0.29, 0.717) is 47.7 Å². The van der Waals surface area contributed by atoms with Crippen LogP contribution in [0.2, 0.25) is 0 Å². The van der Waals surface area contributed by atoms with Crippen LogP contribution < -0.4 is 15.5 Å².